The largest absolute Gasteiger partial charge is 0.342 e. The average Bonchev–Trinajstić information content (AvgIpc) is 3.82. The molecule has 5 aliphatic rings. The molecule has 3 fully saturated rings. The molecule has 2 amide bonds. The second kappa shape index (κ2) is 8.05. The van der Waals surface area contributed by atoms with Crippen LogP contribution in [-0.4, -0.2) is 62.6 Å². The van der Waals surface area contributed by atoms with E-state index in [1.54, 1.807) is 17.2 Å². The van der Waals surface area contributed by atoms with E-state index >= 15 is 4.39 Å². The smallest absolute Gasteiger partial charge is 0.256 e. The predicted octanol–water partition coefficient (Wildman–Crippen LogP) is 3.93. The summed E-state index contributed by atoms with van der Waals surface area (Å²) < 4.78 is 15.6. The Hall–Kier alpha value is -3.42. The zero-order chi connectivity index (χ0) is 24.4. The van der Waals surface area contributed by atoms with E-state index in [0.29, 0.717) is 24.5 Å². The standard InChI is InChI=1S/C28H28FN5O2/c29-23-11-19(20-3-4-21-13-30-16-31-24(21)12-20)5-6-22(23)25-32-28(8-9-28)27(36)34(25)15-17-7-10-33(14-17)26(35)18-1-2-18/h3-6,12-13,16-19H,1-2,7-11,14-15H2/t17-,19?/m1/s1. The molecule has 1 spiro atoms. The van der Waals surface area contributed by atoms with Gasteiger partial charge >= 0.3 is 0 Å². The summed E-state index contributed by atoms with van der Waals surface area (Å²) in [6.45, 7) is 1.91. The van der Waals surface area contributed by atoms with Gasteiger partial charge in [0.1, 0.15) is 23.5 Å². The number of carbonyl (C=O) groups excluding carboxylic acids is 2. The maximum absolute atomic E-state index is 15.6. The van der Waals surface area contributed by atoms with Crippen LogP contribution in [0.1, 0.15) is 50.0 Å². The normalized spacial score (nSPS) is 26.9. The molecule has 1 saturated heterocycles. The molecule has 3 aliphatic carbocycles. The number of aromatic nitrogens is 2. The van der Waals surface area contributed by atoms with Gasteiger partial charge in [-0.15, -0.1) is 0 Å². The highest BCUT2D eigenvalue weighted by molar-refractivity contribution is 6.17. The summed E-state index contributed by atoms with van der Waals surface area (Å²) >= 11 is 0. The monoisotopic (exact) mass is 485 g/mol. The molecule has 7 rings (SSSR count). The summed E-state index contributed by atoms with van der Waals surface area (Å²) in [6, 6.07) is 5.95. The van der Waals surface area contributed by atoms with Crippen LogP contribution in [-0.2, 0) is 9.59 Å². The second-order valence-corrected chi connectivity index (χ2v) is 10.9. The Morgan fingerprint density at radius 3 is 2.83 bits per heavy atom. The highest BCUT2D eigenvalue weighted by Crippen LogP contribution is 2.47. The number of rotatable bonds is 5. The summed E-state index contributed by atoms with van der Waals surface area (Å²) in [5.74, 6) is 0.783. The molecular formula is C28H28FN5O2. The van der Waals surface area contributed by atoms with Crippen LogP contribution in [0.2, 0.25) is 0 Å². The van der Waals surface area contributed by atoms with E-state index in [4.69, 9.17) is 4.99 Å². The third-order valence-electron chi connectivity index (χ3n) is 8.29. The molecule has 0 bridgehead atoms. The molecule has 0 radical (unpaired) electrons. The maximum Gasteiger partial charge on any atom is 0.256 e. The molecule has 2 aliphatic heterocycles. The summed E-state index contributed by atoms with van der Waals surface area (Å²) in [7, 11) is 0. The van der Waals surface area contributed by atoms with E-state index in [1.165, 1.54) is 6.33 Å². The SMILES string of the molecule is O=C(C1CC1)N1CC[C@@H](CN2C(=O)C3(CC3)N=C2C2=C(F)CC(c3ccc4cncnc4c3)C=C2)C1. The fraction of sp³-hybridized carbons (Fsp3) is 0.464. The van der Waals surface area contributed by atoms with Gasteiger partial charge in [0.15, 0.2) is 0 Å². The number of amides is 2. The number of fused-ring (bicyclic) bond motifs is 1. The molecule has 1 unspecified atom stereocenters. The first-order chi connectivity index (χ1) is 17.5. The van der Waals surface area contributed by atoms with Gasteiger partial charge in [-0.1, -0.05) is 24.3 Å². The van der Waals surface area contributed by atoms with Gasteiger partial charge in [0, 0.05) is 55.0 Å². The van der Waals surface area contributed by atoms with Crippen molar-refractivity contribution < 1.29 is 14.0 Å². The van der Waals surface area contributed by atoms with Crippen molar-refractivity contribution in [2.24, 2.45) is 16.8 Å². The Balaban J connectivity index is 1.11. The lowest BCUT2D eigenvalue weighted by Gasteiger charge is -2.26. The first-order valence-corrected chi connectivity index (χ1v) is 13.0. The molecule has 36 heavy (non-hydrogen) atoms. The minimum Gasteiger partial charge on any atom is -0.342 e. The van der Waals surface area contributed by atoms with Crippen LogP contribution in [0.5, 0.6) is 0 Å². The fourth-order valence-corrected chi connectivity index (χ4v) is 5.83. The van der Waals surface area contributed by atoms with E-state index in [1.807, 2.05) is 29.2 Å². The van der Waals surface area contributed by atoms with Crippen LogP contribution in [0.4, 0.5) is 4.39 Å². The van der Waals surface area contributed by atoms with Crippen LogP contribution in [0.3, 0.4) is 0 Å². The van der Waals surface area contributed by atoms with Crippen LogP contribution in [0, 0.1) is 11.8 Å². The number of benzene rings is 1. The topological polar surface area (TPSA) is 78.8 Å². The summed E-state index contributed by atoms with van der Waals surface area (Å²) in [5, 5.41) is 0.950. The number of hydrogen-bond acceptors (Lipinski definition) is 5. The zero-order valence-corrected chi connectivity index (χ0v) is 20.1. The van der Waals surface area contributed by atoms with E-state index in [-0.39, 0.29) is 41.8 Å². The molecule has 8 heteroatoms. The minimum atomic E-state index is -0.687. The maximum atomic E-state index is 15.6. The van der Waals surface area contributed by atoms with E-state index in [0.717, 1.165) is 55.1 Å². The van der Waals surface area contributed by atoms with E-state index < -0.39 is 5.54 Å². The van der Waals surface area contributed by atoms with Gasteiger partial charge in [-0.25, -0.2) is 14.4 Å². The first-order valence-electron chi connectivity index (χ1n) is 13.0. The number of hydrogen-bond donors (Lipinski definition) is 0. The zero-order valence-electron chi connectivity index (χ0n) is 20.1. The fourth-order valence-electron chi connectivity index (χ4n) is 5.83. The van der Waals surface area contributed by atoms with Gasteiger partial charge < -0.3 is 4.90 Å². The number of halogens is 1. The van der Waals surface area contributed by atoms with E-state index in [9.17, 15) is 9.59 Å². The molecule has 2 atom stereocenters. The third-order valence-corrected chi connectivity index (χ3v) is 8.29. The van der Waals surface area contributed by atoms with Crippen molar-refractivity contribution in [1.82, 2.24) is 19.8 Å². The number of carbonyl (C=O) groups is 2. The summed E-state index contributed by atoms with van der Waals surface area (Å²) in [5.41, 5.74) is 1.57. The number of likely N-dealkylation sites (tertiary alicyclic amines) is 1. The third kappa shape index (κ3) is 3.65. The lowest BCUT2D eigenvalue weighted by Crippen LogP contribution is -2.41. The Kier molecular flexibility index (Phi) is 4.88. The molecule has 184 valence electrons. The number of nitrogens with zero attached hydrogens (tertiary/aromatic N) is 5. The van der Waals surface area contributed by atoms with Crippen molar-refractivity contribution in [3.05, 3.63) is 59.8 Å². The lowest BCUT2D eigenvalue weighted by molar-refractivity contribution is -0.131. The van der Waals surface area contributed by atoms with Crippen LogP contribution < -0.4 is 0 Å². The average molecular weight is 486 g/mol. The van der Waals surface area contributed by atoms with Crippen molar-refractivity contribution in [2.75, 3.05) is 19.6 Å². The molecule has 2 saturated carbocycles. The molecule has 2 aromatic rings. The van der Waals surface area contributed by atoms with Crippen molar-refractivity contribution in [3.63, 3.8) is 0 Å². The Bertz CT molecular complexity index is 1370. The van der Waals surface area contributed by atoms with Gasteiger partial charge in [0.2, 0.25) is 5.91 Å². The summed E-state index contributed by atoms with van der Waals surface area (Å²) in [4.78, 5) is 42.7. The number of amidine groups is 1. The highest BCUT2D eigenvalue weighted by Gasteiger charge is 2.58. The molecule has 7 nitrogen and oxygen atoms in total. The predicted molar refractivity (Wildman–Crippen MR) is 133 cm³/mol. The number of allylic oxidation sites excluding steroid dienone is 2. The quantitative estimate of drug-likeness (QED) is 0.643. The van der Waals surface area contributed by atoms with Crippen molar-refractivity contribution in [2.45, 2.75) is 50.0 Å². The van der Waals surface area contributed by atoms with Gasteiger partial charge in [-0.3, -0.25) is 19.5 Å². The van der Waals surface area contributed by atoms with Gasteiger partial charge in [0.05, 0.1) is 5.52 Å². The highest BCUT2D eigenvalue weighted by atomic mass is 19.1. The van der Waals surface area contributed by atoms with Gasteiger partial charge in [0.25, 0.3) is 5.91 Å². The van der Waals surface area contributed by atoms with Gasteiger partial charge in [-0.2, -0.15) is 0 Å². The molecule has 0 N–H and O–H groups in total. The Morgan fingerprint density at radius 2 is 2.06 bits per heavy atom. The summed E-state index contributed by atoms with van der Waals surface area (Å²) in [6.07, 6.45) is 11.6. The minimum absolute atomic E-state index is 0.00509. The Labute approximate surface area is 208 Å². The van der Waals surface area contributed by atoms with Gasteiger partial charge in [-0.05, 0) is 49.7 Å². The molecular weight excluding hydrogens is 457 g/mol. The Morgan fingerprint density at radius 1 is 1.19 bits per heavy atom. The van der Waals surface area contributed by atoms with Crippen molar-refractivity contribution in [3.8, 4) is 0 Å². The van der Waals surface area contributed by atoms with Crippen LogP contribution in [0.25, 0.3) is 10.9 Å². The molecule has 1 aromatic heterocycles. The van der Waals surface area contributed by atoms with Crippen molar-refractivity contribution in [1.29, 1.82) is 0 Å². The second-order valence-electron chi connectivity index (χ2n) is 10.9. The van der Waals surface area contributed by atoms with Crippen molar-refractivity contribution >= 4 is 28.6 Å². The lowest BCUT2D eigenvalue weighted by atomic mass is 9.88. The van der Waals surface area contributed by atoms with Crippen LogP contribution >= 0.6 is 0 Å². The first kappa shape index (κ1) is 21.8. The number of aliphatic imine (C=N–C) groups is 1. The van der Waals surface area contributed by atoms with Crippen LogP contribution in [0.15, 0.2) is 59.3 Å². The molecule has 3 heterocycles. The molecule has 1 aromatic carbocycles. The van der Waals surface area contributed by atoms with E-state index in [2.05, 4.69) is 9.97 Å².